The Morgan fingerprint density at radius 2 is 1.78 bits per heavy atom. The van der Waals surface area contributed by atoms with Gasteiger partial charge in [-0.1, -0.05) is 6.42 Å². The third-order valence-corrected chi connectivity index (χ3v) is 5.82. The van der Waals surface area contributed by atoms with Gasteiger partial charge in [0.1, 0.15) is 6.04 Å². The Labute approximate surface area is 159 Å². The van der Waals surface area contributed by atoms with Crippen LogP contribution in [0, 0.1) is 11.8 Å². The number of hydrogen-bond acceptors (Lipinski definition) is 5. The largest absolute Gasteiger partial charge is 0.493 e. The van der Waals surface area contributed by atoms with Gasteiger partial charge in [-0.25, -0.2) is 4.79 Å². The summed E-state index contributed by atoms with van der Waals surface area (Å²) >= 11 is 0. The quantitative estimate of drug-likeness (QED) is 0.785. The van der Waals surface area contributed by atoms with Crippen LogP contribution < -0.4 is 14.2 Å². The first-order chi connectivity index (χ1) is 13.0. The van der Waals surface area contributed by atoms with Crippen LogP contribution in [0.2, 0.25) is 0 Å². The van der Waals surface area contributed by atoms with E-state index in [2.05, 4.69) is 0 Å². The number of likely N-dealkylation sites (tertiary alicyclic amines) is 1. The van der Waals surface area contributed by atoms with E-state index in [0.717, 1.165) is 24.8 Å². The Morgan fingerprint density at radius 1 is 1.11 bits per heavy atom. The third kappa shape index (κ3) is 3.68. The van der Waals surface area contributed by atoms with Crippen molar-refractivity contribution in [3.8, 4) is 17.2 Å². The zero-order chi connectivity index (χ0) is 19.6. The summed E-state index contributed by atoms with van der Waals surface area (Å²) in [5, 5.41) is 9.62. The van der Waals surface area contributed by atoms with Crippen molar-refractivity contribution in [2.75, 3.05) is 27.9 Å². The van der Waals surface area contributed by atoms with E-state index in [-0.39, 0.29) is 18.2 Å². The summed E-state index contributed by atoms with van der Waals surface area (Å²) in [6, 6.07) is 2.97. The maximum absolute atomic E-state index is 12.8. The number of nitrogens with zero attached hydrogens (tertiary/aromatic N) is 1. The summed E-state index contributed by atoms with van der Waals surface area (Å²) in [5.41, 5.74) is 0.879. The van der Waals surface area contributed by atoms with Gasteiger partial charge in [-0.2, -0.15) is 0 Å². The summed E-state index contributed by atoms with van der Waals surface area (Å²) in [4.78, 5) is 26.1. The van der Waals surface area contributed by atoms with Crippen molar-refractivity contribution < 1.29 is 28.9 Å². The van der Waals surface area contributed by atoms with E-state index >= 15 is 0 Å². The lowest BCUT2D eigenvalue weighted by Gasteiger charge is -2.24. The van der Waals surface area contributed by atoms with E-state index in [1.54, 1.807) is 26.2 Å². The van der Waals surface area contributed by atoms with Gasteiger partial charge in [-0.15, -0.1) is 0 Å². The minimum atomic E-state index is -0.884. The maximum atomic E-state index is 12.8. The van der Waals surface area contributed by atoms with Gasteiger partial charge in [0.05, 0.1) is 21.3 Å². The van der Waals surface area contributed by atoms with Crippen LogP contribution in [0.3, 0.4) is 0 Å². The Kier molecular flexibility index (Phi) is 5.77. The van der Waals surface area contributed by atoms with Crippen LogP contribution in [-0.4, -0.2) is 55.8 Å². The minimum absolute atomic E-state index is 0.104. The molecule has 1 aliphatic heterocycles. The van der Waals surface area contributed by atoms with Crippen molar-refractivity contribution in [1.82, 2.24) is 4.90 Å². The van der Waals surface area contributed by atoms with Gasteiger partial charge in [-0.3, -0.25) is 4.79 Å². The Bertz CT molecular complexity index is 693. The van der Waals surface area contributed by atoms with E-state index < -0.39 is 12.0 Å². The van der Waals surface area contributed by atoms with Crippen LogP contribution in [-0.2, 0) is 16.0 Å². The molecule has 1 N–H and O–H groups in total. The molecule has 148 valence electrons. The molecule has 3 unspecified atom stereocenters. The van der Waals surface area contributed by atoms with Gasteiger partial charge in [0, 0.05) is 13.0 Å². The van der Waals surface area contributed by atoms with E-state index in [0.29, 0.717) is 36.1 Å². The predicted octanol–water partition coefficient (Wildman–Crippen LogP) is 2.36. The number of fused-ring (bicyclic) bond motifs is 1. The number of aliphatic carboxylic acids is 1. The Morgan fingerprint density at radius 3 is 2.33 bits per heavy atom. The van der Waals surface area contributed by atoms with Crippen LogP contribution in [0.15, 0.2) is 12.1 Å². The number of benzene rings is 1. The molecule has 1 saturated carbocycles. The highest BCUT2D eigenvalue weighted by Crippen LogP contribution is 2.43. The van der Waals surface area contributed by atoms with E-state index in [9.17, 15) is 14.7 Å². The number of amides is 1. The molecule has 0 aromatic heterocycles. The molecule has 0 bridgehead atoms. The van der Waals surface area contributed by atoms with Crippen LogP contribution in [0.25, 0.3) is 0 Å². The molecule has 1 heterocycles. The van der Waals surface area contributed by atoms with Crippen molar-refractivity contribution in [3.63, 3.8) is 0 Å². The average Bonchev–Trinajstić information content (AvgIpc) is 3.25. The number of carboxylic acids is 1. The number of aryl methyl sites for hydroxylation is 1. The summed E-state index contributed by atoms with van der Waals surface area (Å²) in [6.07, 6.45) is 3.71. The highest BCUT2D eigenvalue weighted by molar-refractivity contribution is 5.85. The van der Waals surface area contributed by atoms with Gasteiger partial charge < -0.3 is 24.2 Å². The summed E-state index contributed by atoms with van der Waals surface area (Å²) in [7, 11) is 4.64. The van der Waals surface area contributed by atoms with Gasteiger partial charge in [0.15, 0.2) is 11.5 Å². The smallest absolute Gasteiger partial charge is 0.326 e. The standard InChI is InChI=1S/C20H27NO6/c1-25-15-9-12(10-16(26-2)19(15)27-3)7-8-17(22)21-11-13-5-4-6-14(13)18(21)20(23)24/h9-10,13-14,18H,4-8,11H2,1-3H3,(H,23,24). The molecule has 0 radical (unpaired) electrons. The van der Waals surface area contributed by atoms with Crippen molar-refractivity contribution >= 4 is 11.9 Å². The van der Waals surface area contributed by atoms with Crippen molar-refractivity contribution in [1.29, 1.82) is 0 Å². The number of hydrogen-bond donors (Lipinski definition) is 1. The zero-order valence-electron chi connectivity index (χ0n) is 16.1. The number of carbonyl (C=O) groups is 2. The Hall–Kier alpha value is -2.44. The van der Waals surface area contributed by atoms with Crippen LogP contribution in [0.4, 0.5) is 0 Å². The number of ether oxygens (including phenoxy) is 3. The lowest BCUT2D eigenvalue weighted by atomic mass is 9.94. The molecule has 2 aliphatic rings. The first-order valence-electron chi connectivity index (χ1n) is 9.31. The maximum Gasteiger partial charge on any atom is 0.326 e. The molecule has 3 rings (SSSR count). The molecule has 0 spiro atoms. The number of carbonyl (C=O) groups excluding carboxylic acids is 1. The SMILES string of the molecule is COc1cc(CCC(=O)N2CC3CCCC3C2C(=O)O)cc(OC)c1OC. The second-order valence-electron chi connectivity index (χ2n) is 7.22. The summed E-state index contributed by atoms with van der Waals surface area (Å²) in [6.45, 7) is 0.565. The fraction of sp³-hybridized carbons (Fsp3) is 0.600. The highest BCUT2D eigenvalue weighted by Gasteiger charge is 2.49. The molecular weight excluding hydrogens is 350 g/mol. The number of rotatable bonds is 7. The topological polar surface area (TPSA) is 85.3 Å². The van der Waals surface area contributed by atoms with Crippen LogP contribution >= 0.6 is 0 Å². The van der Waals surface area contributed by atoms with E-state index in [1.807, 2.05) is 12.1 Å². The number of methoxy groups -OCH3 is 3. The summed E-state index contributed by atoms with van der Waals surface area (Å²) < 4.78 is 16.0. The summed E-state index contributed by atoms with van der Waals surface area (Å²) in [5.74, 6) is 1.03. The molecule has 1 aromatic rings. The molecule has 7 heteroatoms. The predicted molar refractivity (Wildman–Crippen MR) is 98.4 cm³/mol. The molecule has 3 atom stereocenters. The molecule has 1 aliphatic carbocycles. The van der Waals surface area contributed by atoms with Gasteiger partial charge >= 0.3 is 5.97 Å². The molecular formula is C20H27NO6. The normalized spacial score (nSPS) is 23.8. The molecule has 1 aromatic carbocycles. The van der Waals surface area contributed by atoms with E-state index in [4.69, 9.17) is 14.2 Å². The van der Waals surface area contributed by atoms with Gasteiger partial charge in [-0.05, 0) is 48.8 Å². The zero-order valence-corrected chi connectivity index (χ0v) is 16.1. The lowest BCUT2D eigenvalue weighted by Crippen LogP contribution is -2.43. The second kappa shape index (κ2) is 8.06. The molecule has 1 saturated heterocycles. The third-order valence-electron chi connectivity index (χ3n) is 5.82. The molecule has 1 amide bonds. The molecule has 27 heavy (non-hydrogen) atoms. The van der Waals surface area contributed by atoms with Crippen LogP contribution in [0.5, 0.6) is 17.2 Å². The van der Waals surface area contributed by atoms with Crippen molar-refractivity contribution in [2.45, 2.75) is 38.1 Å². The lowest BCUT2D eigenvalue weighted by molar-refractivity contribution is -0.149. The van der Waals surface area contributed by atoms with E-state index in [1.165, 1.54) is 0 Å². The van der Waals surface area contributed by atoms with Crippen LogP contribution in [0.1, 0.15) is 31.2 Å². The molecule has 7 nitrogen and oxygen atoms in total. The average molecular weight is 377 g/mol. The monoisotopic (exact) mass is 377 g/mol. The van der Waals surface area contributed by atoms with Gasteiger partial charge in [0.2, 0.25) is 11.7 Å². The first-order valence-corrected chi connectivity index (χ1v) is 9.31. The fourth-order valence-corrected chi connectivity index (χ4v) is 4.55. The fourth-order valence-electron chi connectivity index (χ4n) is 4.55. The minimum Gasteiger partial charge on any atom is -0.493 e. The second-order valence-corrected chi connectivity index (χ2v) is 7.22. The van der Waals surface area contributed by atoms with Crippen molar-refractivity contribution in [2.24, 2.45) is 11.8 Å². The van der Waals surface area contributed by atoms with Crippen molar-refractivity contribution in [3.05, 3.63) is 17.7 Å². The number of carboxylic acid groups (broad SMARTS) is 1. The molecule has 2 fully saturated rings. The highest BCUT2D eigenvalue weighted by atomic mass is 16.5. The Balaban J connectivity index is 1.71. The van der Waals surface area contributed by atoms with Gasteiger partial charge in [0.25, 0.3) is 0 Å². The first kappa shape index (κ1) is 19.3.